The summed E-state index contributed by atoms with van der Waals surface area (Å²) in [4.78, 5) is 11.3. The van der Waals surface area contributed by atoms with E-state index in [0.717, 1.165) is 31.5 Å². The number of nitrogen functional groups attached to an aromatic ring is 1. The highest BCUT2D eigenvalue weighted by Gasteiger charge is 2.05. The van der Waals surface area contributed by atoms with Crippen molar-refractivity contribution >= 4 is 17.2 Å². The lowest BCUT2D eigenvalue weighted by Gasteiger charge is -2.09. The maximum Gasteiger partial charge on any atom is 0.161 e. The molecule has 0 radical (unpaired) electrons. The van der Waals surface area contributed by atoms with Crippen molar-refractivity contribution in [2.75, 3.05) is 24.2 Å². The number of benzene rings is 1. The lowest BCUT2D eigenvalue weighted by atomic mass is 10.1. The van der Waals surface area contributed by atoms with Crippen molar-refractivity contribution < 1.29 is 9.90 Å². The SMILES string of the molecule is CC(=O)c1cc(NCCCCCO)ccc1N. The third kappa shape index (κ3) is 4.44. The van der Waals surface area contributed by atoms with Crippen molar-refractivity contribution in [3.63, 3.8) is 0 Å². The summed E-state index contributed by atoms with van der Waals surface area (Å²) in [6.07, 6.45) is 2.83. The van der Waals surface area contributed by atoms with E-state index < -0.39 is 0 Å². The highest BCUT2D eigenvalue weighted by Crippen LogP contribution is 2.18. The van der Waals surface area contributed by atoms with Crippen molar-refractivity contribution in [3.05, 3.63) is 23.8 Å². The Bertz CT molecular complexity index is 378. The van der Waals surface area contributed by atoms with Crippen LogP contribution in [0.1, 0.15) is 36.5 Å². The van der Waals surface area contributed by atoms with Crippen LogP contribution in [0.5, 0.6) is 0 Å². The number of carbonyl (C=O) groups excluding carboxylic acids is 1. The smallest absolute Gasteiger partial charge is 0.161 e. The topological polar surface area (TPSA) is 75.3 Å². The van der Waals surface area contributed by atoms with Gasteiger partial charge in [0.15, 0.2) is 5.78 Å². The van der Waals surface area contributed by atoms with Crippen LogP contribution in [0.3, 0.4) is 0 Å². The van der Waals surface area contributed by atoms with E-state index in [2.05, 4.69) is 5.32 Å². The second-order valence-electron chi connectivity index (χ2n) is 4.07. The molecular weight excluding hydrogens is 216 g/mol. The van der Waals surface area contributed by atoms with Gasteiger partial charge >= 0.3 is 0 Å². The van der Waals surface area contributed by atoms with Gasteiger partial charge < -0.3 is 16.2 Å². The number of ketones is 1. The molecule has 4 nitrogen and oxygen atoms in total. The molecule has 0 saturated carbocycles. The van der Waals surface area contributed by atoms with Gasteiger partial charge in [-0.1, -0.05) is 0 Å². The molecule has 1 aromatic carbocycles. The molecule has 0 aliphatic rings. The average molecular weight is 236 g/mol. The summed E-state index contributed by atoms with van der Waals surface area (Å²) in [5.41, 5.74) is 7.70. The van der Waals surface area contributed by atoms with Gasteiger partial charge in [0.05, 0.1) is 0 Å². The maximum absolute atomic E-state index is 11.3. The fraction of sp³-hybridized carbons (Fsp3) is 0.462. The van der Waals surface area contributed by atoms with Crippen molar-refractivity contribution in [2.45, 2.75) is 26.2 Å². The Kier molecular flexibility index (Phi) is 5.49. The molecule has 0 amide bonds. The van der Waals surface area contributed by atoms with Gasteiger partial charge in [0.2, 0.25) is 0 Å². The van der Waals surface area contributed by atoms with E-state index >= 15 is 0 Å². The number of Topliss-reactive ketones (excluding diaryl/α,β-unsaturated/α-hetero) is 1. The van der Waals surface area contributed by atoms with Crippen molar-refractivity contribution in [2.24, 2.45) is 0 Å². The van der Waals surface area contributed by atoms with Crippen molar-refractivity contribution in [1.82, 2.24) is 0 Å². The zero-order valence-corrected chi connectivity index (χ0v) is 10.2. The second-order valence-corrected chi connectivity index (χ2v) is 4.07. The van der Waals surface area contributed by atoms with Crippen LogP contribution in [0.2, 0.25) is 0 Å². The number of aliphatic hydroxyl groups excluding tert-OH is 1. The Hall–Kier alpha value is -1.55. The normalized spacial score (nSPS) is 10.2. The summed E-state index contributed by atoms with van der Waals surface area (Å²) < 4.78 is 0. The van der Waals surface area contributed by atoms with E-state index in [9.17, 15) is 4.79 Å². The Morgan fingerprint density at radius 1 is 1.35 bits per heavy atom. The number of hydrogen-bond acceptors (Lipinski definition) is 4. The molecule has 0 atom stereocenters. The number of nitrogens with two attached hydrogens (primary N) is 1. The molecule has 0 bridgehead atoms. The summed E-state index contributed by atoms with van der Waals surface area (Å²) in [5, 5.41) is 11.9. The largest absolute Gasteiger partial charge is 0.398 e. The molecule has 4 N–H and O–H groups in total. The third-order valence-corrected chi connectivity index (χ3v) is 2.60. The van der Waals surface area contributed by atoms with Crippen LogP contribution in [0.25, 0.3) is 0 Å². The molecule has 0 aliphatic carbocycles. The first-order chi connectivity index (χ1) is 8.15. The standard InChI is InChI=1S/C13H20N2O2/c1-10(17)12-9-11(5-6-13(12)14)15-7-3-2-4-8-16/h5-6,9,15-16H,2-4,7-8,14H2,1H3. The Morgan fingerprint density at radius 3 is 2.76 bits per heavy atom. The molecule has 0 aliphatic heterocycles. The van der Waals surface area contributed by atoms with E-state index in [1.54, 1.807) is 12.1 Å². The number of carbonyl (C=O) groups is 1. The molecule has 17 heavy (non-hydrogen) atoms. The van der Waals surface area contributed by atoms with Gasteiger partial charge in [-0.05, 0) is 44.4 Å². The molecule has 94 valence electrons. The van der Waals surface area contributed by atoms with Gasteiger partial charge in [-0.3, -0.25) is 4.79 Å². The average Bonchev–Trinajstić information content (AvgIpc) is 2.30. The first-order valence-corrected chi connectivity index (χ1v) is 5.90. The molecule has 0 heterocycles. The fourth-order valence-corrected chi connectivity index (χ4v) is 1.62. The highest BCUT2D eigenvalue weighted by molar-refractivity contribution is 5.99. The molecule has 0 spiro atoms. The van der Waals surface area contributed by atoms with Gasteiger partial charge in [0, 0.05) is 30.1 Å². The number of anilines is 2. The van der Waals surface area contributed by atoms with Crippen LogP contribution in [-0.4, -0.2) is 24.0 Å². The summed E-state index contributed by atoms with van der Waals surface area (Å²) >= 11 is 0. The third-order valence-electron chi connectivity index (χ3n) is 2.60. The van der Waals surface area contributed by atoms with Gasteiger partial charge in [0.25, 0.3) is 0 Å². The molecule has 0 saturated heterocycles. The van der Waals surface area contributed by atoms with Gasteiger partial charge in [-0.2, -0.15) is 0 Å². The molecule has 0 fully saturated rings. The van der Waals surface area contributed by atoms with Gasteiger partial charge in [-0.25, -0.2) is 0 Å². The number of aliphatic hydroxyl groups is 1. The predicted molar refractivity (Wildman–Crippen MR) is 70.3 cm³/mol. The van der Waals surface area contributed by atoms with Gasteiger partial charge in [0.1, 0.15) is 0 Å². The Labute approximate surface area is 102 Å². The van der Waals surface area contributed by atoms with E-state index in [-0.39, 0.29) is 12.4 Å². The van der Waals surface area contributed by atoms with Crippen LogP contribution in [0.4, 0.5) is 11.4 Å². The molecule has 1 aromatic rings. The number of rotatable bonds is 7. The van der Waals surface area contributed by atoms with Crippen LogP contribution < -0.4 is 11.1 Å². The van der Waals surface area contributed by atoms with Crippen molar-refractivity contribution in [1.29, 1.82) is 0 Å². The van der Waals surface area contributed by atoms with Crippen LogP contribution in [-0.2, 0) is 0 Å². The molecule has 0 aromatic heterocycles. The van der Waals surface area contributed by atoms with Crippen LogP contribution >= 0.6 is 0 Å². The van der Waals surface area contributed by atoms with Gasteiger partial charge in [-0.15, -0.1) is 0 Å². The summed E-state index contributed by atoms with van der Waals surface area (Å²) in [5.74, 6) is -0.0218. The lowest BCUT2D eigenvalue weighted by Crippen LogP contribution is -2.05. The monoisotopic (exact) mass is 236 g/mol. The first kappa shape index (κ1) is 13.5. The van der Waals surface area contributed by atoms with Crippen LogP contribution in [0, 0.1) is 0 Å². The molecule has 0 unspecified atom stereocenters. The van der Waals surface area contributed by atoms with E-state index in [1.807, 2.05) is 6.07 Å². The fourth-order valence-electron chi connectivity index (χ4n) is 1.62. The van der Waals surface area contributed by atoms with E-state index in [4.69, 9.17) is 10.8 Å². The number of unbranched alkanes of at least 4 members (excludes halogenated alkanes) is 2. The zero-order valence-electron chi connectivity index (χ0n) is 10.2. The van der Waals surface area contributed by atoms with Crippen LogP contribution in [0.15, 0.2) is 18.2 Å². The second kappa shape index (κ2) is 6.91. The summed E-state index contributed by atoms with van der Waals surface area (Å²) in [7, 11) is 0. The molecule has 4 heteroatoms. The first-order valence-electron chi connectivity index (χ1n) is 5.90. The molecule has 1 rings (SSSR count). The Morgan fingerprint density at radius 2 is 2.12 bits per heavy atom. The maximum atomic E-state index is 11.3. The Balaban J connectivity index is 2.49. The minimum absolute atomic E-state index is 0.0218. The highest BCUT2D eigenvalue weighted by atomic mass is 16.2. The summed E-state index contributed by atoms with van der Waals surface area (Å²) in [6.45, 7) is 2.59. The number of hydrogen-bond donors (Lipinski definition) is 3. The quantitative estimate of drug-likeness (QED) is 0.385. The lowest BCUT2D eigenvalue weighted by molar-refractivity contribution is 0.101. The number of nitrogens with one attached hydrogen (secondary N) is 1. The summed E-state index contributed by atoms with van der Waals surface area (Å²) in [6, 6.07) is 5.39. The van der Waals surface area contributed by atoms with E-state index in [1.165, 1.54) is 6.92 Å². The zero-order chi connectivity index (χ0) is 12.7. The molecular formula is C13H20N2O2. The minimum atomic E-state index is -0.0218. The minimum Gasteiger partial charge on any atom is -0.398 e. The van der Waals surface area contributed by atoms with Crippen molar-refractivity contribution in [3.8, 4) is 0 Å². The predicted octanol–water partition coefficient (Wildman–Crippen LogP) is 2.05. The van der Waals surface area contributed by atoms with E-state index in [0.29, 0.717) is 11.3 Å².